The molecule has 7 heteroatoms. The van der Waals surface area contributed by atoms with Crippen LogP contribution in [0.3, 0.4) is 0 Å². The number of furan rings is 1. The molecule has 0 bridgehead atoms. The van der Waals surface area contributed by atoms with Crippen molar-refractivity contribution in [2.24, 2.45) is 4.99 Å². The molecular weight excluding hydrogens is 390 g/mol. The van der Waals surface area contributed by atoms with Gasteiger partial charge in [-0.05, 0) is 50.7 Å². The second-order valence-electron chi connectivity index (χ2n) is 7.79. The van der Waals surface area contributed by atoms with Crippen LogP contribution in [0.5, 0.6) is 0 Å². The van der Waals surface area contributed by atoms with E-state index in [0.717, 1.165) is 64.0 Å². The van der Waals surface area contributed by atoms with E-state index in [4.69, 9.17) is 14.1 Å². The Morgan fingerprint density at radius 1 is 1.00 bits per heavy atom. The lowest BCUT2D eigenvalue weighted by atomic mass is 10.1. The maximum absolute atomic E-state index is 5.47. The quantitative estimate of drug-likeness (QED) is 0.273. The summed E-state index contributed by atoms with van der Waals surface area (Å²) in [6.07, 6.45) is 2.77. The van der Waals surface area contributed by atoms with Crippen LogP contribution >= 0.6 is 0 Å². The van der Waals surface area contributed by atoms with Gasteiger partial charge in [0, 0.05) is 46.4 Å². The molecule has 31 heavy (non-hydrogen) atoms. The van der Waals surface area contributed by atoms with Crippen molar-refractivity contribution in [1.29, 1.82) is 0 Å². The molecule has 0 aliphatic rings. The highest BCUT2D eigenvalue weighted by molar-refractivity contribution is 5.79. The molecule has 1 heterocycles. The molecule has 2 N–H and O–H groups in total. The third-order valence-corrected chi connectivity index (χ3v) is 4.99. The summed E-state index contributed by atoms with van der Waals surface area (Å²) in [5.74, 6) is 1.83. The highest BCUT2D eigenvalue weighted by atomic mass is 16.5. The van der Waals surface area contributed by atoms with Crippen LogP contribution in [-0.4, -0.2) is 69.8 Å². The smallest absolute Gasteiger partial charge is 0.191 e. The van der Waals surface area contributed by atoms with Gasteiger partial charge < -0.3 is 24.7 Å². The van der Waals surface area contributed by atoms with Crippen LogP contribution in [-0.2, 0) is 24.4 Å². The fraction of sp³-hybridized carbons (Fsp3) is 0.542. The lowest BCUT2D eigenvalue weighted by molar-refractivity contribution is 0.180. The first-order valence-electron chi connectivity index (χ1n) is 11.1. The molecule has 2 rings (SSSR count). The largest absolute Gasteiger partial charge is 0.468 e. The molecular formula is C24H39N5O2. The van der Waals surface area contributed by atoms with E-state index < -0.39 is 0 Å². The Kier molecular flexibility index (Phi) is 11.8. The van der Waals surface area contributed by atoms with E-state index in [1.807, 2.05) is 12.1 Å². The summed E-state index contributed by atoms with van der Waals surface area (Å²) in [5.41, 5.74) is 2.52. The maximum atomic E-state index is 5.47. The van der Waals surface area contributed by atoms with Gasteiger partial charge in [-0.25, -0.2) is 4.99 Å². The number of aliphatic imine (C=N–C) groups is 1. The van der Waals surface area contributed by atoms with Crippen molar-refractivity contribution in [3.05, 3.63) is 59.5 Å². The molecule has 2 aromatic rings. The maximum Gasteiger partial charge on any atom is 0.191 e. The molecule has 0 unspecified atom stereocenters. The van der Waals surface area contributed by atoms with Crippen molar-refractivity contribution in [3.63, 3.8) is 0 Å². The molecule has 0 fully saturated rings. The first kappa shape index (κ1) is 24.9. The molecule has 0 spiro atoms. The first-order chi connectivity index (χ1) is 15.1. The standard InChI is InChI=1S/C24H39N5O2/c1-5-25-24(26-13-15-28(2)14-9-16-30-4)27-18-21-10-6-7-11-22(21)19-29(3)20-23-12-8-17-31-23/h6-8,10-12,17H,5,9,13-16,18-20H2,1-4H3,(H2,25,26,27). The molecule has 7 nitrogen and oxygen atoms in total. The topological polar surface area (TPSA) is 65.3 Å². The summed E-state index contributed by atoms with van der Waals surface area (Å²) < 4.78 is 10.6. The van der Waals surface area contributed by atoms with Gasteiger partial charge >= 0.3 is 0 Å². The molecule has 0 saturated carbocycles. The zero-order valence-corrected chi connectivity index (χ0v) is 19.6. The number of methoxy groups -OCH3 is 1. The normalized spacial score (nSPS) is 12.0. The van der Waals surface area contributed by atoms with Crippen molar-refractivity contribution in [3.8, 4) is 0 Å². The molecule has 0 aliphatic carbocycles. The van der Waals surface area contributed by atoms with E-state index in [-0.39, 0.29) is 0 Å². The molecule has 0 saturated heterocycles. The van der Waals surface area contributed by atoms with Crippen LogP contribution in [0.15, 0.2) is 52.1 Å². The molecule has 172 valence electrons. The van der Waals surface area contributed by atoms with Crippen molar-refractivity contribution < 1.29 is 9.15 Å². The van der Waals surface area contributed by atoms with Gasteiger partial charge in [0.25, 0.3) is 0 Å². The number of ether oxygens (including phenoxy) is 1. The molecule has 1 aromatic carbocycles. The fourth-order valence-corrected chi connectivity index (χ4v) is 3.34. The van der Waals surface area contributed by atoms with Crippen LogP contribution < -0.4 is 10.6 Å². The average Bonchev–Trinajstić information content (AvgIpc) is 3.26. The van der Waals surface area contributed by atoms with Gasteiger partial charge in [-0.1, -0.05) is 24.3 Å². The molecule has 0 atom stereocenters. The number of likely N-dealkylation sites (N-methyl/N-ethyl adjacent to an activating group) is 1. The van der Waals surface area contributed by atoms with Crippen LogP contribution in [0, 0.1) is 0 Å². The SMILES string of the molecule is CCNC(=NCc1ccccc1CN(C)Cc1ccco1)NCCN(C)CCCOC. The fourth-order valence-electron chi connectivity index (χ4n) is 3.34. The van der Waals surface area contributed by atoms with Crippen molar-refractivity contribution >= 4 is 5.96 Å². The summed E-state index contributed by atoms with van der Waals surface area (Å²) >= 11 is 0. The summed E-state index contributed by atoms with van der Waals surface area (Å²) in [4.78, 5) is 9.38. The number of rotatable bonds is 14. The third-order valence-electron chi connectivity index (χ3n) is 4.99. The summed E-state index contributed by atoms with van der Waals surface area (Å²) in [5, 5.41) is 6.79. The monoisotopic (exact) mass is 429 g/mol. The number of hydrogen-bond donors (Lipinski definition) is 2. The predicted molar refractivity (Wildman–Crippen MR) is 127 cm³/mol. The lowest BCUT2D eigenvalue weighted by Crippen LogP contribution is -2.41. The average molecular weight is 430 g/mol. The van der Waals surface area contributed by atoms with E-state index in [9.17, 15) is 0 Å². The molecule has 0 aliphatic heterocycles. The predicted octanol–water partition coefficient (Wildman–Crippen LogP) is 2.94. The van der Waals surface area contributed by atoms with Gasteiger partial charge in [0.1, 0.15) is 5.76 Å². The zero-order valence-electron chi connectivity index (χ0n) is 19.6. The highest BCUT2D eigenvalue weighted by Crippen LogP contribution is 2.14. The Bertz CT molecular complexity index is 748. The number of hydrogen-bond acceptors (Lipinski definition) is 5. The Hall–Kier alpha value is -2.35. The minimum Gasteiger partial charge on any atom is -0.468 e. The number of benzene rings is 1. The highest BCUT2D eigenvalue weighted by Gasteiger charge is 2.08. The lowest BCUT2D eigenvalue weighted by Gasteiger charge is -2.19. The van der Waals surface area contributed by atoms with Crippen LogP contribution in [0.1, 0.15) is 30.2 Å². The number of guanidine groups is 1. The minimum atomic E-state index is 0.643. The second-order valence-corrected chi connectivity index (χ2v) is 7.79. The van der Waals surface area contributed by atoms with Gasteiger partial charge in [-0.2, -0.15) is 0 Å². The van der Waals surface area contributed by atoms with Crippen LogP contribution in [0.4, 0.5) is 0 Å². The van der Waals surface area contributed by atoms with E-state index in [0.29, 0.717) is 6.54 Å². The Labute approximate surface area is 187 Å². The van der Waals surface area contributed by atoms with E-state index in [2.05, 4.69) is 65.7 Å². The second kappa shape index (κ2) is 14.6. The molecule has 0 radical (unpaired) electrons. The minimum absolute atomic E-state index is 0.643. The molecule has 1 aromatic heterocycles. The summed E-state index contributed by atoms with van der Waals surface area (Å²) in [6.45, 7) is 8.85. The van der Waals surface area contributed by atoms with E-state index in [1.54, 1.807) is 13.4 Å². The van der Waals surface area contributed by atoms with E-state index in [1.165, 1.54) is 11.1 Å². The summed E-state index contributed by atoms with van der Waals surface area (Å²) in [7, 11) is 5.99. The van der Waals surface area contributed by atoms with Gasteiger partial charge in [0.2, 0.25) is 0 Å². The number of nitrogens with zero attached hydrogens (tertiary/aromatic N) is 3. The van der Waals surface area contributed by atoms with Gasteiger partial charge in [-0.15, -0.1) is 0 Å². The van der Waals surface area contributed by atoms with E-state index >= 15 is 0 Å². The first-order valence-corrected chi connectivity index (χ1v) is 11.1. The van der Waals surface area contributed by atoms with Gasteiger partial charge in [0.05, 0.1) is 19.4 Å². The van der Waals surface area contributed by atoms with Crippen molar-refractivity contribution in [1.82, 2.24) is 20.4 Å². The van der Waals surface area contributed by atoms with Crippen molar-refractivity contribution in [2.75, 3.05) is 54.0 Å². The Morgan fingerprint density at radius 2 is 1.81 bits per heavy atom. The van der Waals surface area contributed by atoms with Crippen LogP contribution in [0.2, 0.25) is 0 Å². The zero-order chi connectivity index (χ0) is 22.3. The van der Waals surface area contributed by atoms with Crippen LogP contribution in [0.25, 0.3) is 0 Å². The van der Waals surface area contributed by atoms with Crippen molar-refractivity contribution in [2.45, 2.75) is 33.0 Å². The summed E-state index contributed by atoms with van der Waals surface area (Å²) in [6, 6.07) is 12.4. The molecule has 0 amide bonds. The van der Waals surface area contributed by atoms with Gasteiger partial charge in [-0.3, -0.25) is 4.90 Å². The Balaban J connectivity index is 1.88. The van der Waals surface area contributed by atoms with Gasteiger partial charge in [0.15, 0.2) is 5.96 Å². The number of nitrogens with one attached hydrogen (secondary N) is 2. The Morgan fingerprint density at radius 3 is 2.52 bits per heavy atom. The third kappa shape index (κ3) is 10.0.